The Morgan fingerprint density at radius 3 is 1.89 bits per heavy atom. The molecule has 0 aliphatic heterocycles. The zero-order valence-corrected chi connectivity index (χ0v) is 18.8. The molecule has 0 saturated heterocycles. The molecule has 1 aromatic rings. The van der Waals surface area contributed by atoms with E-state index in [0.29, 0.717) is 0 Å². The van der Waals surface area contributed by atoms with Gasteiger partial charge in [0.25, 0.3) is 0 Å². The summed E-state index contributed by atoms with van der Waals surface area (Å²) in [7, 11) is 0. The zero-order valence-electron chi connectivity index (χ0n) is 18.8. The van der Waals surface area contributed by atoms with Crippen molar-refractivity contribution in [2.75, 3.05) is 0 Å². The van der Waals surface area contributed by atoms with Crippen LogP contribution in [0.2, 0.25) is 0 Å². The summed E-state index contributed by atoms with van der Waals surface area (Å²) in [5, 5.41) is 0. The van der Waals surface area contributed by atoms with E-state index in [0.717, 1.165) is 30.1 Å². The van der Waals surface area contributed by atoms with Crippen LogP contribution in [0.25, 0.3) is 0 Å². The van der Waals surface area contributed by atoms with Gasteiger partial charge >= 0.3 is 0 Å². The van der Waals surface area contributed by atoms with Crippen LogP contribution in [0.5, 0.6) is 0 Å². The van der Waals surface area contributed by atoms with E-state index in [1.54, 1.807) is 12.8 Å². The summed E-state index contributed by atoms with van der Waals surface area (Å²) in [6.45, 7) is 4.57. The van der Waals surface area contributed by atoms with Crippen LogP contribution in [0.1, 0.15) is 115 Å². The Morgan fingerprint density at radius 2 is 1.36 bits per heavy atom. The lowest BCUT2D eigenvalue weighted by molar-refractivity contribution is 0.140. The van der Waals surface area contributed by atoms with Crippen molar-refractivity contribution in [1.29, 1.82) is 0 Å². The van der Waals surface area contributed by atoms with Crippen LogP contribution in [-0.2, 0) is 12.8 Å². The number of aromatic nitrogens is 1. The van der Waals surface area contributed by atoms with E-state index in [1.807, 2.05) is 0 Å². The summed E-state index contributed by atoms with van der Waals surface area (Å²) in [6.07, 6.45) is 25.0. The van der Waals surface area contributed by atoms with Gasteiger partial charge in [0.1, 0.15) is 0 Å². The molecule has 2 aliphatic rings. The third-order valence-electron chi connectivity index (χ3n) is 7.90. The minimum Gasteiger partial charge on any atom is -0.261 e. The highest BCUT2D eigenvalue weighted by Gasteiger charge is 2.30. The molecule has 158 valence electrons. The van der Waals surface area contributed by atoms with Crippen LogP contribution in [0, 0.1) is 23.7 Å². The van der Waals surface area contributed by atoms with Crippen LogP contribution in [-0.4, -0.2) is 4.98 Å². The molecule has 28 heavy (non-hydrogen) atoms. The Hall–Kier alpha value is -0.850. The first-order valence-electron chi connectivity index (χ1n) is 12.7. The maximum atomic E-state index is 4.70. The average Bonchev–Trinajstić information content (AvgIpc) is 2.75. The number of aryl methyl sites for hydroxylation is 2. The molecule has 1 heterocycles. The number of hydrogen-bond donors (Lipinski definition) is 0. The number of rotatable bonds is 10. The largest absolute Gasteiger partial charge is 0.261 e. The van der Waals surface area contributed by atoms with Crippen LogP contribution in [0.3, 0.4) is 0 Å². The molecule has 0 N–H and O–H groups in total. The fourth-order valence-electron chi connectivity index (χ4n) is 5.97. The molecule has 1 nitrogen and oxygen atoms in total. The molecule has 0 amide bonds. The van der Waals surface area contributed by atoms with E-state index in [4.69, 9.17) is 4.98 Å². The SMILES string of the molecule is CCCCC[C@H]1CC[C@H]([C@H]2CC[C@H](CCc3ccc(CCC)cn3)CC2)CC1. The zero-order chi connectivity index (χ0) is 19.6. The first-order chi connectivity index (χ1) is 13.8. The molecule has 0 spiro atoms. The molecule has 3 rings (SSSR count). The smallest absolute Gasteiger partial charge is 0.0403 e. The minimum absolute atomic E-state index is 0.957. The van der Waals surface area contributed by atoms with Crippen molar-refractivity contribution in [3.63, 3.8) is 0 Å². The lowest BCUT2D eigenvalue weighted by Gasteiger charge is -2.38. The van der Waals surface area contributed by atoms with E-state index >= 15 is 0 Å². The Labute approximate surface area is 175 Å². The lowest BCUT2D eigenvalue weighted by atomic mass is 9.68. The molecule has 1 heteroatoms. The number of nitrogens with zero attached hydrogens (tertiary/aromatic N) is 1. The molecule has 1 aromatic heterocycles. The van der Waals surface area contributed by atoms with E-state index in [2.05, 4.69) is 32.2 Å². The first kappa shape index (κ1) is 21.8. The van der Waals surface area contributed by atoms with Crippen LogP contribution in [0.4, 0.5) is 0 Å². The lowest BCUT2D eigenvalue weighted by Crippen LogP contribution is -2.26. The number of pyridine rings is 1. The van der Waals surface area contributed by atoms with E-state index in [9.17, 15) is 0 Å². The molecule has 0 bridgehead atoms. The standard InChI is InChI=1S/C27H45N/c1-3-5-6-8-22-9-15-25(16-10-22)26-17-11-23(12-18-26)13-19-27-20-14-24(7-4-2)21-28-27/h14,20-23,25-26H,3-13,15-19H2,1-2H3/t22-,23-,25-,26-. The van der Waals surface area contributed by atoms with Gasteiger partial charge in [0.15, 0.2) is 0 Å². The summed E-state index contributed by atoms with van der Waals surface area (Å²) in [5.41, 5.74) is 2.70. The Balaban J connectivity index is 1.31. The van der Waals surface area contributed by atoms with Gasteiger partial charge < -0.3 is 0 Å². The first-order valence-corrected chi connectivity index (χ1v) is 12.7. The van der Waals surface area contributed by atoms with Gasteiger partial charge in [-0.05, 0) is 80.2 Å². The molecular weight excluding hydrogens is 338 g/mol. The van der Waals surface area contributed by atoms with Gasteiger partial charge in [0.2, 0.25) is 0 Å². The fourth-order valence-corrected chi connectivity index (χ4v) is 5.97. The van der Waals surface area contributed by atoms with Gasteiger partial charge in [0, 0.05) is 11.9 Å². The highest BCUT2D eigenvalue weighted by atomic mass is 14.7. The van der Waals surface area contributed by atoms with Gasteiger partial charge in [0.05, 0.1) is 0 Å². The molecule has 0 radical (unpaired) electrons. The van der Waals surface area contributed by atoms with Crippen LogP contribution >= 0.6 is 0 Å². The van der Waals surface area contributed by atoms with Gasteiger partial charge in [-0.3, -0.25) is 4.98 Å². The maximum absolute atomic E-state index is 4.70. The topological polar surface area (TPSA) is 12.9 Å². The number of hydrogen-bond acceptors (Lipinski definition) is 1. The van der Waals surface area contributed by atoms with Crippen molar-refractivity contribution in [3.05, 3.63) is 29.6 Å². The Bertz CT molecular complexity index is 518. The van der Waals surface area contributed by atoms with Crippen LogP contribution < -0.4 is 0 Å². The van der Waals surface area contributed by atoms with E-state index < -0.39 is 0 Å². The minimum atomic E-state index is 0.957. The van der Waals surface area contributed by atoms with Crippen LogP contribution in [0.15, 0.2) is 18.3 Å². The summed E-state index contributed by atoms with van der Waals surface area (Å²) in [4.78, 5) is 4.70. The normalized spacial score (nSPS) is 28.4. The van der Waals surface area contributed by atoms with Crippen molar-refractivity contribution in [2.24, 2.45) is 23.7 Å². The second kappa shape index (κ2) is 12.0. The highest BCUT2D eigenvalue weighted by molar-refractivity contribution is 5.14. The van der Waals surface area contributed by atoms with Crippen molar-refractivity contribution < 1.29 is 0 Å². The van der Waals surface area contributed by atoms with Crippen molar-refractivity contribution in [3.8, 4) is 0 Å². The van der Waals surface area contributed by atoms with Crippen molar-refractivity contribution in [2.45, 2.75) is 117 Å². The predicted octanol–water partition coefficient (Wildman–Crippen LogP) is 8.16. The van der Waals surface area contributed by atoms with E-state index in [1.165, 1.54) is 94.7 Å². The fraction of sp³-hybridized carbons (Fsp3) is 0.815. The maximum Gasteiger partial charge on any atom is 0.0403 e. The van der Waals surface area contributed by atoms with E-state index in [-0.39, 0.29) is 0 Å². The third kappa shape index (κ3) is 6.89. The Morgan fingerprint density at radius 1 is 0.714 bits per heavy atom. The summed E-state index contributed by atoms with van der Waals surface area (Å²) in [5.74, 6) is 4.14. The van der Waals surface area contributed by atoms with Gasteiger partial charge in [-0.15, -0.1) is 0 Å². The average molecular weight is 384 g/mol. The van der Waals surface area contributed by atoms with Crippen molar-refractivity contribution in [1.82, 2.24) is 4.98 Å². The molecule has 2 aliphatic carbocycles. The molecular formula is C27H45N. The summed E-state index contributed by atoms with van der Waals surface area (Å²) >= 11 is 0. The Kier molecular flexibility index (Phi) is 9.35. The quantitative estimate of drug-likeness (QED) is 0.371. The third-order valence-corrected chi connectivity index (χ3v) is 7.90. The molecule has 2 fully saturated rings. The molecule has 0 atom stereocenters. The molecule has 0 aromatic carbocycles. The van der Waals surface area contributed by atoms with Crippen molar-refractivity contribution >= 4 is 0 Å². The van der Waals surface area contributed by atoms with Gasteiger partial charge in [-0.25, -0.2) is 0 Å². The predicted molar refractivity (Wildman–Crippen MR) is 122 cm³/mol. The second-order valence-electron chi connectivity index (χ2n) is 10.0. The number of unbranched alkanes of at least 4 members (excludes halogenated alkanes) is 2. The van der Waals surface area contributed by atoms with Gasteiger partial charge in [-0.2, -0.15) is 0 Å². The highest BCUT2D eigenvalue weighted by Crippen LogP contribution is 2.43. The second-order valence-corrected chi connectivity index (χ2v) is 10.0. The molecule has 2 saturated carbocycles. The van der Waals surface area contributed by atoms with Gasteiger partial charge in [-0.1, -0.05) is 77.7 Å². The summed E-state index contributed by atoms with van der Waals surface area (Å²) in [6, 6.07) is 4.57. The molecule has 0 unspecified atom stereocenters. The monoisotopic (exact) mass is 383 g/mol. The summed E-state index contributed by atoms with van der Waals surface area (Å²) < 4.78 is 0.